The number of rotatable bonds is 5. The van der Waals surface area contributed by atoms with Crippen LogP contribution < -0.4 is 10.1 Å². The van der Waals surface area contributed by atoms with E-state index in [1.165, 1.54) is 0 Å². The predicted molar refractivity (Wildman–Crippen MR) is 88.7 cm³/mol. The van der Waals surface area contributed by atoms with E-state index in [2.05, 4.69) is 16.0 Å². The summed E-state index contributed by atoms with van der Waals surface area (Å²) in [5, 5.41) is 3.74. The molecule has 0 unspecified atom stereocenters. The van der Waals surface area contributed by atoms with Crippen molar-refractivity contribution in [3.05, 3.63) is 51.3 Å². The van der Waals surface area contributed by atoms with Gasteiger partial charge in [-0.25, -0.2) is 0 Å². The van der Waals surface area contributed by atoms with Crippen molar-refractivity contribution in [3.63, 3.8) is 0 Å². The molecule has 0 fully saturated rings. The van der Waals surface area contributed by atoms with E-state index in [1.54, 1.807) is 18.2 Å². The highest BCUT2D eigenvalue weighted by atomic mass is 35.5. The maximum absolute atomic E-state index is 11.9. The molecular weight excluding hydrogens is 323 g/mol. The molecule has 0 spiro atoms. The molecule has 118 valence electrons. The highest BCUT2D eigenvalue weighted by Gasteiger charge is 2.09. The summed E-state index contributed by atoms with van der Waals surface area (Å²) in [6.07, 6.45) is 0. The molecule has 1 heterocycles. The van der Waals surface area contributed by atoms with Crippen LogP contribution in [0, 0.1) is 13.8 Å². The Morgan fingerprint density at radius 1 is 1.27 bits per heavy atom. The second-order valence-corrected chi connectivity index (χ2v) is 5.94. The third-order valence-corrected chi connectivity index (χ3v) is 4.14. The molecule has 4 nitrogen and oxygen atoms in total. The lowest BCUT2D eigenvalue weighted by Crippen LogP contribution is -2.28. The van der Waals surface area contributed by atoms with E-state index in [-0.39, 0.29) is 12.5 Å². The van der Waals surface area contributed by atoms with Crippen molar-refractivity contribution in [1.29, 1.82) is 0 Å². The minimum Gasteiger partial charge on any atom is -0.482 e. The van der Waals surface area contributed by atoms with Crippen LogP contribution in [0.3, 0.4) is 0 Å². The smallest absolute Gasteiger partial charge is 0.258 e. The van der Waals surface area contributed by atoms with Gasteiger partial charge in [-0.2, -0.15) is 0 Å². The van der Waals surface area contributed by atoms with Crippen LogP contribution in [0.25, 0.3) is 0 Å². The van der Waals surface area contributed by atoms with Crippen LogP contribution in [-0.2, 0) is 18.4 Å². The lowest BCUT2D eigenvalue weighted by molar-refractivity contribution is -0.123. The zero-order valence-electron chi connectivity index (χ0n) is 12.7. The fourth-order valence-electron chi connectivity index (χ4n) is 2.09. The molecule has 0 atom stereocenters. The molecule has 0 aliphatic rings. The average molecular weight is 341 g/mol. The summed E-state index contributed by atoms with van der Waals surface area (Å²) in [6.45, 7) is 4.44. The highest BCUT2D eigenvalue weighted by molar-refractivity contribution is 6.35. The van der Waals surface area contributed by atoms with Crippen molar-refractivity contribution in [2.45, 2.75) is 20.4 Å². The second-order valence-electron chi connectivity index (χ2n) is 5.10. The topological polar surface area (TPSA) is 43.3 Å². The van der Waals surface area contributed by atoms with Crippen LogP contribution in [0.1, 0.15) is 17.0 Å². The monoisotopic (exact) mass is 340 g/mol. The number of amides is 1. The molecule has 1 N–H and O–H groups in total. The maximum atomic E-state index is 11.9. The Morgan fingerprint density at radius 3 is 2.59 bits per heavy atom. The summed E-state index contributed by atoms with van der Waals surface area (Å²) in [7, 11) is 2.00. The van der Waals surface area contributed by atoms with E-state index in [0.717, 1.165) is 17.0 Å². The first-order valence-electron chi connectivity index (χ1n) is 6.85. The molecule has 0 saturated heterocycles. The number of ether oxygens (including phenoxy) is 1. The first-order chi connectivity index (χ1) is 10.4. The Balaban J connectivity index is 1.87. The van der Waals surface area contributed by atoms with Crippen molar-refractivity contribution in [3.8, 4) is 5.75 Å². The maximum Gasteiger partial charge on any atom is 0.258 e. The fraction of sp³-hybridized carbons (Fsp3) is 0.312. The summed E-state index contributed by atoms with van der Waals surface area (Å²) in [4.78, 5) is 11.9. The largest absolute Gasteiger partial charge is 0.482 e. The number of carbonyl (C=O) groups is 1. The van der Waals surface area contributed by atoms with Crippen molar-refractivity contribution in [2.75, 3.05) is 6.61 Å². The third kappa shape index (κ3) is 3.96. The van der Waals surface area contributed by atoms with Gasteiger partial charge >= 0.3 is 0 Å². The van der Waals surface area contributed by atoms with Crippen LogP contribution in [0.2, 0.25) is 10.0 Å². The number of benzene rings is 1. The molecule has 0 aliphatic heterocycles. The van der Waals surface area contributed by atoms with E-state index >= 15 is 0 Å². The van der Waals surface area contributed by atoms with Gasteiger partial charge in [-0.15, -0.1) is 0 Å². The first-order valence-corrected chi connectivity index (χ1v) is 7.60. The standard InChI is InChI=1S/C16H18Cl2N2O2/c1-10-6-12(11(2)20(10)3)8-19-16(21)9-22-15-5-4-13(17)7-14(15)18/h4-7H,8-9H2,1-3H3,(H,19,21). The van der Waals surface area contributed by atoms with Crippen molar-refractivity contribution in [1.82, 2.24) is 9.88 Å². The molecule has 0 aliphatic carbocycles. The number of aromatic nitrogens is 1. The summed E-state index contributed by atoms with van der Waals surface area (Å²) in [6, 6.07) is 6.94. The van der Waals surface area contributed by atoms with Gasteiger partial charge in [-0.1, -0.05) is 23.2 Å². The van der Waals surface area contributed by atoms with Crippen LogP contribution in [-0.4, -0.2) is 17.1 Å². The predicted octanol–water partition coefficient (Wildman–Crippen LogP) is 3.64. The minimum absolute atomic E-state index is 0.0911. The molecule has 1 aromatic heterocycles. The van der Waals surface area contributed by atoms with Crippen LogP contribution in [0.15, 0.2) is 24.3 Å². The van der Waals surface area contributed by atoms with Gasteiger partial charge in [0.1, 0.15) is 5.75 Å². The van der Waals surface area contributed by atoms with E-state index in [1.807, 2.05) is 20.9 Å². The lowest BCUT2D eigenvalue weighted by atomic mass is 10.2. The van der Waals surface area contributed by atoms with Crippen molar-refractivity contribution in [2.24, 2.45) is 7.05 Å². The summed E-state index contributed by atoms with van der Waals surface area (Å²) in [5.41, 5.74) is 3.39. The van der Waals surface area contributed by atoms with Gasteiger partial charge in [0.15, 0.2) is 6.61 Å². The Bertz CT molecular complexity index is 696. The van der Waals surface area contributed by atoms with E-state index in [9.17, 15) is 4.79 Å². The van der Waals surface area contributed by atoms with E-state index in [4.69, 9.17) is 27.9 Å². The van der Waals surface area contributed by atoms with Gasteiger partial charge in [0.25, 0.3) is 5.91 Å². The Hall–Kier alpha value is -1.65. The molecule has 1 amide bonds. The van der Waals surface area contributed by atoms with Gasteiger partial charge in [0.2, 0.25) is 0 Å². The van der Waals surface area contributed by atoms with Gasteiger partial charge < -0.3 is 14.6 Å². The van der Waals surface area contributed by atoms with Crippen LogP contribution in [0.5, 0.6) is 5.75 Å². The fourth-order valence-corrected chi connectivity index (χ4v) is 2.56. The molecule has 2 aromatic rings. The normalized spacial score (nSPS) is 10.6. The number of aryl methyl sites for hydroxylation is 1. The van der Waals surface area contributed by atoms with E-state index in [0.29, 0.717) is 22.3 Å². The average Bonchev–Trinajstić information content (AvgIpc) is 2.71. The van der Waals surface area contributed by atoms with Crippen molar-refractivity contribution >= 4 is 29.1 Å². The minimum atomic E-state index is -0.202. The van der Waals surface area contributed by atoms with Crippen LogP contribution in [0.4, 0.5) is 0 Å². The zero-order chi connectivity index (χ0) is 16.3. The molecule has 0 radical (unpaired) electrons. The third-order valence-electron chi connectivity index (χ3n) is 3.61. The number of carbonyl (C=O) groups excluding carboxylic acids is 1. The summed E-state index contributed by atoms with van der Waals surface area (Å²) < 4.78 is 7.48. The quantitative estimate of drug-likeness (QED) is 0.902. The van der Waals surface area contributed by atoms with Crippen LogP contribution >= 0.6 is 23.2 Å². The number of nitrogens with one attached hydrogen (secondary N) is 1. The highest BCUT2D eigenvalue weighted by Crippen LogP contribution is 2.27. The van der Waals surface area contributed by atoms with Crippen molar-refractivity contribution < 1.29 is 9.53 Å². The number of hydrogen-bond donors (Lipinski definition) is 1. The lowest BCUT2D eigenvalue weighted by Gasteiger charge is -2.09. The molecule has 2 rings (SSSR count). The van der Waals surface area contributed by atoms with Gasteiger partial charge in [0.05, 0.1) is 5.02 Å². The summed E-state index contributed by atoms with van der Waals surface area (Å²) >= 11 is 11.8. The molecule has 1 aromatic carbocycles. The molecule has 0 bridgehead atoms. The Labute approximate surface area is 140 Å². The first kappa shape index (κ1) is 16.7. The molecule has 22 heavy (non-hydrogen) atoms. The Morgan fingerprint density at radius 2 is 2.00 bits per heavy atom. The zero-order valence-corrected chi connectivity index (χ0v) is 14.3. The van der Waals surface area contributed by atoms with Gasteiger partial charge in [-0.05, 0) is 43.7 Å². The van der Waals surface area contributed by atoms with Gasteiger partial charge in [0, 0.05) is 30.0 Å². The molecule has 6 heteroatoms. The SMILES string of the molecule is Cc1cc(CNC(=O)COc2ccc(Cl)cc2Cl)c(C)n1C. The number of nitrogens with zero attached hydrogens (tertiary/aromatic N) is 1. The van der Waals surface area contributed by atoms with Gasteiger partial charge in [-0.3, -0.25) is 4.79 Å². The molecule has 0 saturated carbocycles. The Kier molecular flexibility index (Phi) is 5.37. The van der Waals surface area contributed by atoms with E-state index < -0.39 is 0 Å². The number of halogens is 2. The summed E-state index contributed by atoms with van der Waals surface area (Å²) in [5.74, 6) is 0.236. The second kappa shape index (κ2) is 7.07. The molecular formula is C16H18Cl2N2O2. The number of hydrogen-bond acceptors (Lipinski definition) is 2.